The molecule has 2 aromatic carbocycles. The number of benzene rings is 2. The van der Waals surface area contributed by atoms with E-state index in [1.165, 1.54) is 18.2 Å². The predicted octanol–water partition coefficient (Wildman–Crippen LogP) is 3.41. The molecule has 1 amide bonds. The Morgan fingerprint density at radius 3 is 2.62 bits per heavy atom. The van der Waals surface area contributed by atoms with Crippen molar-refractivity contribution in [3.8, 4) is 5.75 Å². The number of hydrogen-bond donors (Lipinski definition) is 1. The van der Waals surface area contributed by atoms with E-state index in [1.807, 2.05) is 24.3 Å². The van der Waals surface area contributed by atoms with Gasteiger partial charge in [-0.3, -0.25) is 4.79 Å². The molecule has 164 valence electrons. The second-order valence-electron chi connectivity index (χ2n) is 7.44. The minimum atomic E-state index is -3.02. The molecule has 0 aliphatic carbocycles. The molecular formula is C22H20F2N6O2. The number of alkyl halides is 2. The molecule has 1 aliphatic heterocycles. The van der Waals surface area contributed by atoms with Gasteiger partial charge >= 0.3 is 6.61 Å². The Morgan fingerprint density at radius 1 is 1.06 bits per heavy atom. The summed E-state index contributed by atoms with van der Waals surface area (Å²) in [5, 5.41) is 8.13. The predicted molar refractivity (Wildman–Crippen MR) is 114 cm³/mol. The fourth-order valence-electron chi connectivity index (χ4n) is 3.89. The van der Waals surface area contributed by atoms with E-state index >= 15 is 0 Å². The molecule has 3 heterocycles. The first-order valence-electron chi connectivity index (χ1n) is 10.3. The summed E-state index contributed by atoms with van der Waals surface area (Å²) in [5.41, 5.74) is 1.49. The van der Waals surface area contributed by atoms with Gasteiger partial charge in [-0.1, -0.05) is 24.3 Å². The number of nitrogens with zero attached hydrogens (tertiary/aromatic N) is 5. The topological polar surface area (TPSA) is 84.7 Å². The summed E-state index contributed by atoms with van der Waals surface area (Å²) in [7, 11) is 0. The van der Waals surface area contributed by atoms with E-state index in [2.05, 4.69) is 25.0 Å². The standard InChI is InChI=1S/C22H20F2N6O2/c23-21(24)32-17-10-4-2-8-15(17)20(31)25-13-18-27-19-14-7-1-3-9-16(14)26-22(30(19)28-18)29-11-5-6-12-29/h1-4,7-10,21H,5-6,11-13H2,(H,25,31). The molecule has 0 spiro atoms. The summed E-state index contributed by atoms with van der Waals surface area (Å²) in [5.74, 6) is 0.374. The Balaban J connectivity index is 1.45. The lowest BCUT2D eigenvalue weighted by molar-refractivity contribution is -0.0501. The van der Waals surface area contributed by atoms with E-state index in [9.17, 15) is 13.6 Å². The van der Waals surface area contributed by atoms with E-state index in [1.54, 1.807) is 10.6 Å². The maximum Gasteiger partial charge on any atom is 0.387 e. The van der Waals surface area contributed by atoms with Crippen LogP contribution in [-0.4, -0.2) is 45.2 Å². The summed E-state index contributed by atoms with van der Waals surface area (Å²) < 4.78 is 31.4. The van der Waals surface area contributed by atoms with Gasteiger partial charge in [0.05, 0.1) is 17.6 Å². The highest BCUT2D eigenvalue weighted by atomic mass is 19.3. The highest BCUT2D eigenvalue weighted by Gasteiger charge is 2.21. The average molecular weight is 438 g/mol. The van der Waals surface area contributed by atoms with Crippen LogP contribution in [0.2, 0.25) is 0 Å². The Hall–Kier alpha value is -3.82. The van der Waals surface area contributed by atoms with Gasteiger partial charge in [0.2, 0.25) is 5.95 Å². The second-order valence-corrected chi connectivity index (χ2v) is 7.44. The number of aromatic nitrogens is 4. The highest BCUT2D eigenvalue weighted by molar-refractivity contribution is 5.97. The van der Waals surface area contributed by atoms with Crippen LogP contribution < -0.4 is 15.0 Å². The molecule has 1 fully saturated rings. The average Bonchev–Trinajstić information content (AvgIpc) is 3.47. The van der Waals surface area contributed by atoms with E-state index in [4.69, 9.17) is 4.98 Å². The van der Waals surface area contributed by atoms with Gasteiger partial charge in [-0.15, -0.1) is 5.10 Å². The molecule has 10 heteroatoms. The molecule has 5 rings (SSSR count). The van der Waals surface area contributed by atoms with E-state index in [-0.39, 0.29) is 17.9 Å². The van der Waals surface area contributed by atoms with E-state index in [0.717, 1.165) is 42.8 Å². The van der Waals surface area contributed by atoms with Crippen LogP contribution in [0.25, 0.3) is 16.6 Å². The molecule has 0 radical (unpaired) electrons. The summed E-state index contributed by atoms with van der Waals surface area (Å²) >= 11 is 0. The van der Waals surface area contributed by atoms with Crippen LogP contribution in [0.5, 0.6) is 5.75 Å². The van der Waals surface area contributed by atoms with Crippen molar-refractivity contribution in [2.24, 2.45) is 0 Å². The Kier molecular flexibility index (Phi) is 5.26. The largest absolute Gasteiger partial charge is 0.434 e. The third kappa shape index (κ3) is 3.79. The summed E-state index contributed by atoms with van der Waals surface area (Å²) in [6.45, 7) is -1.20. The zero-order chi connectivity index (χ0) is 22.1. The first kappa shape index (κ1) is 20.1. The zero-order valence-corrected chi connectivity index (χ0v) is 17.0. The van der Waals surface area contributed by atoms with Crippen molar-refractivity contribution in [3.05, 3.63) is 59.9 Å². The van der Waals surface area contributed by atoms with Crippen molar-refractivity contribution in [1.82, 2.24) is 24.9 Å². The Labute approximate surface area is 181 Å². The first-order chi connectivity index (χ1) is 15.6. The van der Waals surface area contributed by atoms with Crippen LogP contribution >= 0.6 is 0 Å². The van der Waals surface area contributed by atoms with Crippen molar-refractivity contribution in [2.75, 3.05) is 18.0 Å². The number of fused-ring (bicyclic) bond motifs is 3. The van der Waals surface area contributed by atoms with Gasteiger partial charge in [0.15, 0.2) is 11.5 Å². The highest BCUT2D eigenvalue weighted by Crippen LogP contribution is 2.25. The lowest BCUT2D eigenvalue weighted by Crippen LogP contribution is -2.24. The van der Waals surface area contributed by atoms with Gasteiger partial charge in [-0.25, -0.2) is 9.97 Å². The molecule has 4 aromatic rings. The van der Waals surface area contributed by atoms with Crippen LogP contribution in [0.4, 0.5) is 14.7 Å². The van der Waals surface area contributed by atoms with Crippen molar-refractivity contribution >= 4 is 28.4 Å². The smallest absolute Gasteiger partial charge is 0.387 e. The lowest BCUT2D eigenvalue weighted by Gasteiger charge is -2.17. The molecule has 1 saturated heterocycles. The number of anilines is 1. The molecule has 0 unspecified atom stereocenters. The normalized spacial score (nSPS) is 13.9. The third-order valence-electron chi connectivity index (χ3n) is 5.35. The number of halogens is 2. The first-order valence-corrected chi connectivity index (χ1v) is 10.3. The van der Waals surface area contributed by atoms with Crippen LogP contribution in [0.15, 0.2) is 48.5 Å². The molecule has 0 bridgehead atoms. The van der Waals surface area contributed by atoms with Gasteiger partial charge < -0.3 is 15.0 Å². The number of rotatable bonds is 6. The van der Waals surface area contributed by atoms with Gasteiger partial charge in [0, 0.05) is 18.5 Å². The maximum atomic E-state index is 12.6. The lowest BCUT2D eigenvalue weighted by atomic mass is 10.2. The van der Waals surface area contributed by atoms with Gasteiger partial charge in [-0.2, -0.15) is 13.3 Å². The minimum Gasteiger partial charge on any atom is -0.434 e. The van der Waals surface area contributed by atoms with E-state index < -0.39 is 12.5 Å². The minimum absolute atomic E-state index is 0.0152. The fraction of sp³-hybridized carbons (Fsp3) is 0.273. The maximum absolute atomic E-state index is 12.6. The monoisotopic (exact) mass is 438 g/mol. The van der Waals surface area contributed by atoms with Crippen LogP contribution in [0, 0.1) is 0 Å². The zero-order valence-electron chi connectivity index (χ0n) is 17.0. The second kappa shape index (κ2) is 8.37. The molecule has 2 aromatic heterocycles. The van der Waals surface area contributed by atoms with Crippen LogP contribution in [0.3, 0.4) is 0 Å². The van der Waals surface area contributed by atoms with Gasteiger partial charge in [-0.05, 0) is 37.1 Å². The number of amides is 1. The summed E-state index contributed by atoms with van der Waals surface area (Å²) in [4.78, 5) is 24.2. The molecular weight excluding hydrogens is 418 g/mol. The fourth-order valence-corrected chi connectivity index (χ4v) is 3.89. The van der Waals surface area contributed by atoms with Crippen LogP contribution in [0.1, 0.15) is 29.0 Å². The number of nitrogens with one attached hydrogen (secondary N) is 1. The molecule has 0 atom stereocenters. The van der Waals surface area contributed by atoms with Crippen LogP contribution in [-0.2, 0) is 6.54 Å². The Bertz CT molecular complexity index is 1290. The van der Waals surface area contributed by atoms with Gasteiger partial charge in [0.1, 0.15) is 5.75 Å². The SMILES string of the molecule is O=C(NCc1nc2c3ccccc3nc(N3CCCC3)n2n1)c1ccccc1OC(F)F. The number of carbonyl (C=O) groups excluding carboxylic acids is 1. The van der Waals surface area contributed by atoms with E-state index in [0.29, 0.717) is 11.5 Å². The molecule has 0 saturated carbocycles. The van der Waals surface area contributed by atoms with Gasteiger partial charge in [0.25, 0.3) is 5.91 Å². The molecule has 1 N–H and O–H groups in total. The third-order valence-corrected chi connectivity index (χ3v) is 5.35. The molecule has 1 aliphatic rings. The van der Waals surface area contributed by atoms with Crippen molar-refractivity contribution in [1.29, 1.82) is 0 Å². The number of para-hydroxylation sites is 2. The summed E-state index contributed by atoms with van der Waals surface area (Å²) in [6, 6.07) is 13.6. The summed E-state index contributed by atoms with van der Waals surface area (Å²) in [6.07, 6.45) is 2.18. The number of carbonyl (C=O) groups is 1. The quantitative estimate of drug-likeness (QED) is 0.497. The molecule has 8 nitrogen and oxygen atoms in total. The number of hydrogen-bond acceptors (Lipinski definition) is 6. The van der Waals surface area contributed by atoms with Crippen molar-refractivity contribution < 1.29 is 18.3 Å². The number of ether oxygens (including phenoxy) is 1. The Morgan fingerprint density at radius 2 is 1.81 bits per heavy atom. The van der Waals surface area contributed by atoms with Crippen molar-refractivity contribution in [2.45, 2.75) is 26.0 Å². The van der Waals surface area contributed by atoms with Crippen molar-refractivity contribution in [3.63, 3.8) is 0 Å². The molecule has 32 heavy (non-hydrogen) atoms.